The Morgan fingerprint density at radius 3 is 2.26 bits per heavy atom. The summed E-state index contributed by atoms with van der Waals surface area (Å²) in [5.41, 5.74) is 2.76. The van der Waals surface area contributed by atoms with Crippen molar-refractivity contribution in [2.75, 3.05) is 7.11 Å². The summed E-state index contributed by atoms with van der Waals surface area (Å²) in [5, 5.41) is 6.23. The van der Waals surface area contributed by atoms with Crippen molar-refractivity contribution in [2.45, 2.75) is 46.6 Å². The minimum Gasteiger partial charge on any atom is -0.378 e. The fraction of sp³-hybridized carbons (Fsp3) is 0.360. The summed E-state index contributed by atoms with van der Waals surface area (Å²) in [6.07, 6.45) is 2.39. The lowest BCUT2D eigenvalue weighted by molar-refractivity contribution is 0.0222. The maximum absolute atomic E-state index is 13.6. The van der Waals surface area contributed by atoms with E-state index in [0.717, 1.165) is 33.2 Å². The largest absolute Gasteiger partial charge is 0.378 e. The summed E-state index contributed by atoms with van der Waals surface area (Å²) < 4.78 is 22.9. The number of benzene rings is 2. The molecule has 0 bridgehead atoms. The van der Waals surface area contributed by atoms with Crippen molar-refractivity contribution in [1.29, 1.82) is 0 Å². The maximum atomic E-state index is 13.6. The molecule has 0 atom stereocenters. The van der Waals surface area contributed by atoms with Gasteiger partial charge in [0, 0.05) is 41.1 Å². The van der Waals surface area contributed by atoms with Gasteiger partial charge in [-0.15, -0.1) is 0 Å². The molecule has 162 valence electrons. The third-order valence-corrected chi connectivity index (χ3v) is 5.64. The number of ether oxygens (including phenoxy) is 1. The fourth-order valence-electron chi connectivity index (χ4n) is 3.80. The van der Waals surface area contributed by atoms with E-state index in [0.29, 0.717) is 6.42 Å². The van der Waals surface area contributed by atoms with Gasteiger partial charge in [-0.3, -0.25) is 4.79 Å². The average molecular weight is 422 g/mol. The molecule has 0 aliphatic heterocycles. The highest BCUT2D eigenvalue weighted by Gasteiger charge is 2.26. The second-order valence-electron chi connectivity index (χ2n) is 9.67. The first-order valence-corrected chi connectivity index (χ1v) is 10.4. The zero-order valence-electron chi connectivity index (χ0n) is 18.9. The quantitative estimate of drug-likeness (QED) is 0.420. The number of fused-ring (bicyclic) bond motifs is 2. The first-order chi connectivity index (χ1) is 14.5. The van der Waals surface area contributed by atoms with Gasteiger partial charge in [0.25, 0.3) is 5.91 Å². The molecule has 0 unspecified atom stereocenters. The lowest BCUT2D eigenvalue weighted by Gasteiger charge is -2.24. The fourth-order valence-corrected chi connectivity index (χ4v) is 3.80. The van der Waals surface area contributed by atoms with Crippen molar-refractivity contribution in [3.63, 3.8) is 0 Å². The number of nitrogens with zero attached hydrogens (tertiary/aromatic N) is 3. The van der Waals surface area contributed by atoms with Crippen molar-refractivity contribution >= 4 is 27.7 Å². The molecule has 2 heterocycles. The molecule has 6 heteroatoms. The highest BCUT2D eigenvalue weighted by Crippen LogP contribution is 2.32. The van der Waals surface area contributed by atoms with Crippen LogP contribution < -0.4 is 0 Å². The Bertz CT molecular complexity index is 1270. The van der Waals surface area contributed by atoms with Crippen molar-refractivity contribution < 1.29 is 13.9 Å². The second-order valence-corrected chi connectivity index (χ2v) is 9.67. The molecule has 2 aromatic heterocycles. The maximum Gasteiger partial charge on any atom is 0.252 e. The summed E-state index contributed by atoms with van der Waals surface area (Å²) in [6.45, 7) is 9.73. The SMILES string of the molecule is COC(C)(C)Cc1cc2cc3c(cnn3C(=O)C(C)(C)C)cc2n1-c1ccc(F)cc1. The molecule has 4 aromatic rings. The minimum atomic E-state index is -0.540. The molecule has 0 fully saturated rings. The predicted molar refractivity (Wildman–Crippen MR) is 121 cm³/mol. The molecular weight excluding hydrogens is 393 g/mol. The molecular formula is C25H28FN3O2. The van der Waals surface area contributed by atoms with Crippen molar-refractivity contribution in [1.82, 2.24) is 14.3 Å². The van der Waals surface area contributed by atoms with Crippen LogP contribution >= 0.6 is 0 Å². The topological polar surface area (TPSA) is 49.1 Å². The van der Waals surface area contributed by atoms with Crippen LogP contribution in [0.2, 0.25) is 0 Å². The number of carbonyl (C=O) groups is 1. The van der Waals surface area contributed by atoms with Gasteiger partial charge in [-0.1, -0.05) is 20.8 Å². The Morgan fingerprint density at radius 1 is 1.00 bits per heavy atom. The molecule has 0 amide bonds. The number of aromatic nitrogens is 3. The smallest absolute Gasteiger partial charge is 0.252 e. The van der Waals surface area contributed by atoms with Crippen LogP contribution in [0.4, 0.5) is 4.39 Å². The third kappa shape index (κ3) is 3.88. The van der Waals surface area contributed by atoms with E-state index >= 15 is 0 Å². The first kappa shape index (κ1) is 21.2. The van der Waals surface area contributed by atoms with Gasteiger partial charge in [-0.05, 0) is 56.3 Å². The number of hydrogen-bond acceptors (Lipinski definition) is 3. The normalized spacial score (nSPS) is 12.7. The highest BCUT2D eigenvalue weighted by atomic mass is 19.1. The average Bonchev–Trinajstić information content (AvgIpc) is 3.25. The Labute approximate surface area is 181 Å². The summed E-state index contributed by atoms with van der Waals surface area (Å²) in [7, 11) is 1.70. The molecule has 0 N–H and O–H groups in total. The lowest BCUT2D eigenvalue weighted by atomic mass is 9.96. The van der Waals surface area contributed by atoms with Crippen molar-refractivity contribution in [2.24, 2.45) is 5.41 Å². The van der Waals surface area contributed by atoms with Gasteiger partial charge in [-0.2, -0.15) is 9.78 Å². The van der Waals surface area contributed by atoms with E-state index in [2.05, 4.69) is 15.7 Å². The summed E-state index contributed by atoms with van der Waals surface area (Å²) in [6, 6.07) is 12.6. The van der Waals surface area contributed by atoms with Gasteiger partial charge >= 0.3 is 0 Å². The van der Waals surface area contributed by atoms with Crippen LogP contribution in [-0.4, -0.2) is 33.0 Å². The molecule has 0 spiro atoms. The van der Waals surface area contributed by atoms with Crippen LogP contribution in [0.1, 0.15) is 45.1 Å². The Morgan fingerprint density at radius 2 is 1.65 bits per heavy atom. The van der Waals surface area contributed by atoms with E-state index in [9.17, 15) is 9.18 Å². The molecule has 5 nitrogen and oxygen atoms in total. The van der Waals surface area contributed by atoms with Crippen LogP contribution in [0.25, 0.3) is 27.5 Å². The van der Waals surface area contributed by atoms with Crippen LogP contribution in [0.15, 0.2) is 48.7 Å². The molecule has 0 saturated carbocycles. The standard InChI is InChI=1S/C25H28FN3O2/c1-24(2,3)23(30)29-22-12-16-11-20(14-25(4,5)31-6)28(19-9-7-18(26)8-10-19)21(16)13-17(22)15-27-29/h7-13,15H,14H2,1-6H3. The zero-order valence-corrected chi connectivity index (χ0v) is 18.9. The van der Waals surface area contributed by atoms with E-state index < -0.39 is 5.41 Å². The van der Waals surface area contributed by atoms with Gasteiger partial charge in [0.05, 0.1) is 22.8 Å². The zero-order chi connectivity index (χ0) is 22.6. The van der Waals surface area contributed by atoms with E-state index in [1.807, 2.05) is 46.8 Å². The molecule has 0 aliphatic carbocycles. The molecule has 0 saturated heterocycles. The highest BCUT2D eigenvalue weighted by molar-refractivity contribution is 6.01. The van der Waals surface area contributed by atoms with Gasteiger partial charge in [0.2, 0.25) is 0 Å². The molecule has 0 aliphatic rings. The minimum absolute atomic E-state index is 0.0550. The third-order valence-electron chi connectivity index (χ3n) is 5.64. The van der Waals surface area contributed by atoms with Gasteiger partial charge in [0.1, 0.15) is 5.82 Å². The van der Waals surface area contributed by atoms with Gasteiger partial charge in [-0.25, -0.2) is 4.39 Å². The van der Waals surface area contributed by atoms with Gasteiger partial charge < -0.3 is 9.30 Å². The predicted octanol–water partition coefficient (Wildman–Crippen LogP) is 5.77. The van der Waals surface area contributed by atoms with Crippen LogP contribution in [-0.2, 0) is 11.2 Å². The second kappa shape index (κ2) is 7.31. The van der Waals surface area contributed by atoms with Crippen LogP contribution in [0.5, 0.6) is 0 Å². The summed E-state index contributed by atoms with van der Waals surface area (Å²) >= 11 is 0. The van der Waals surface area contributed by atoms with E-state index in [1.165, 1.54) is 16.8 Å². The molecule has 0 radical (unpaired) electrons. The van der Waals surface area contributed by atoms with Crippen molar-refractivity contribution in [3.05, 3.63) is 60.2 Å². The number of hydrogen-bond donors (Lipinski definition) is 0. The van der Waals surface area contributed by atoms with E-state index in [-0.39, 0.29) is 17.3 Å². The number of rotatable bonds is 4. The number of halogens is 1. The van der Waals surface area contributed by atoms with E-state index in [1.54, 1.807) is 25.4 Å². The summed E-state index contributed by atoms with van der Waals surface area (Å²) in [4.78, 5) is 12.9. The Balaban J connectivity index is 1.96. The van der Waals surface area contributed by atoms with Crippen molar-refractivity contribution in [3.8, 4) is 5.69 Å². The van der Waals surface area contributed by atoms with Gasteiger partial charge in [0.15, 0.2) is 0 Å². The lowest BCUT2D eigenvalue weighted by Crippen LogP contribution is -2.27. The molecule has 4 rings (SSSR count). The monoisotopic (exact) mass is 421 g/mol. The molecule has 2 aromatic carbocycles. The summed E-state index contributed by atoms with van der Waals surface area (Å²) in [5.74, 6) is -0.330. The number of methoxy groups -OCH3 is 1. The molecule has 31 heavy (non-hydrogen) atoms. The van der Waals surface area contributed by atoms with E-state index in [4.69, 9.17) is 4.74 Å². The van der Waals surface area contributed by atoms with Crippen LogP contribution in [0.3, 0.4) is 0 Å². The Hall–Kier alpha value is -2.99. The Kier molecular flexibility index (Phi) is 5.01. The first-order valence-electron chi connectivity index (χ1n) is 10.4. The number of carbonyl (C=O) groups excluding carboxylic acids is 1. The van der Waals surface area contributed by atoms with Crippen LogP contribution in [0, 0.1) is 11.2 Å².